The lowest BCUT2D eigenvalue weighted by Gasteiger charge is -2.20. The summed E-state index contributed by atoms with van der Waals surface area (Å²) in [7, 11) is 0.954. The number of aliphatic imine (C=N–C) groups is 1. The summed E-state index contributed by atoms with van der Waals surface area (Å²) < 4.78 is 50.8. The molecule has 0 radical (unpaired) electrons. The number of carbonyl (C=O) groups is 1. The fourth-order valence-corrected chi connectivity index (χ4v) is 2.21. The maximum absolute atomic E-state index is 14.3. The van der Waals surface area contributed by atoms with Gasteiger partial charge in [-0.3, -0.25) is 4.99 Å². The Morgan fingerprint density at radius 1 is 1.36 bits per heavy atom. The number of rotatable bonds is 6. The monoisotopic (exact) mass is 357 g/mol. The summed E-state index contributed by atoms with van der Waals surface area (Å²) in [6, 6.07) is 0.445. The number of carbonyl (C=O) groups excluding carboxylic acids is 1. The van der Waals surface area contributed by atoms with Crippen molar-refractivity contribution in [3.8, 4) is 5.75 Å². The third-order valence-corrected chi connectivity index (χ3v) is 3.81. The Morgan fingerprint density at radius 3 is 2.56 bits per heavy atom. The Balaban J connectivity index is 2.55. The maximum atomic E-state index is 14.3. The predicted octanol–water partition coefficient (Wildman–Crippen LogP) is 3.57. The van der Waals surface area contributed by atoms with Crippen LogP contribution >= 0.6 is 0 Å². The van der Waals surface area contributed by atoms with Gasteiger partial charge >= 0.3 is 5.97 Å². The van der Waals surface area contributed by atoms with E-state index in [9.17, 15) is 23.1 Å². The molecule has 1 aliphatic carbocycles. The smallest absolute Gasteiger partial charge is 0.343 e. The van der Waals surface area contributed by atoms with E-state index in [2.05, 4.69) is 9.73 Å². The van der Waals surface area contributed by atoms with Crippen molar-refractivity contribution in [3.05, 3.63) is 34.7 Å². The molecular formula is C17H18F3NO4. The van der Waals surface area contributed by atoms with Crippen LogP contribution in [0.25, 0.3) is 5.76 Å². The minimum Gasteiger partial charge on any atom is -0.506 e. The van der Waals surface area contributed by atoms with Crippen molar-refractivity contribution in [2.24, 2.45) is 4.99 Å². The third-order valence-electron chi connectivity index (χ3n) is 3.81. The topological polar surface area (TPSA) is 68.1 Å². The lowest BCUT2D eigenvalue weighted by atomic mass is 9.94. The molecular weight excluding hydrogens is 339 g/mol. The molecule has 0 saturated heterocycles. The highest BCUT2D eigenvalue weighted by atomic mass is 19.2. The van der Waals surface area contributed by atoms with Crippen molar-refractivity contribution in [2.75, 3.05) is 13.7 Å². The average molecular weight is 357 g/mol. The summed E-state index contributed by atoms with van der Waals surface area (Å²) in [5.41, 5.74) is -1.17. The van der Waals surface area contributed by atoms with Crippen molar-refractivity contribution in [1.29, 1.82) is 0 Å². The molecule has 0 atom stereocenters. The van der Waals surface area contributed by atoms with Gasteiger partial charge in [0, 0.05) is 12.3 Å². The molecule has 1 aliphatic rings. The normalized spacial score (nSPS) is 15.7. The highest BCUT2D eigenvalue weighted by molar-refractivity contribution is 6.15. The van der Waals surface area contributed by atoms with Crippen LogP contribution in [0, 0.1) is 17.5 Å². The van der Waals surface area contributed by atoms with Crippen molar-refractivity contribution in [3.63, 3.8) is 0 Å². The van der Waals surface area contributed by atoms with Crippen LogP contribution in [0.1, 0.15) is 31.7 Å². The summed E-state index contributed by atoms with van der Waals surface area (Å²) in [6.07, 6.45) is 3.74. The number of methoxy groups -OCH3 is 1. The molecule has 0 spiro atoms. The van der Waals surface area contributed by atoms with Crippen LogP contribution in [-0.4, -0.2) is 37.0 Å². The van der Waals surface area contributed by atoms with E-state index in [1.807, 2.05) is 0 Å². The highest BCUT2D eigenvalue weighted by Gasteiger charge is 2.26. The average Bonchev–Trinajstić information content (AvgIpc) is 2.53. The molecule has 0 bridgehead atoms. The summed E-state index contributed by atoms with van der Waals surface area (Å²) in [4.78, 5) is 16.2. The highest BCUT2D eigenvalue weighted by Crippen LogP contribution is 2.31. The molecule has 0 amide bonds. The number of aliphatic hydroxyl groups is 1. The molecule has 8 heteroatoms. The molecule has 25 heavy (non-hydrogen) atoms. The predicted molar refractivity (Wildman–Crippen MR) is 85.2 cm³/mol. The van der Waals surface area contributed by atoms with E-state index in [0.29, 0.717) is 6.07 Å². The second kappa shape index (κ2) is 8.04. The first-order valence-electron chi connectivity index (χ1n) is 7.76. The molecule has 1 N–H and O–H groups in total. The van der Waals surface area contributed by atoms with Crippen LogP contribution in [0.5, 0.6) is 5.75 Å². The van der Waals surface area contributed by atoms with Crippen molar-refractivity contribution in [2.45, 2.75) is 32.2 Å². The van der Waals surface area contributed by atoms with Crippen LogP contribution in [0.15, 0.2) is 16.6 Å². The van der Waals surface area contributed by atoms with Crippen LogP contribution in [0.4, 0.5) is 13.2 Å². The molecule has 1 saturated carbocycles. The molecule has 136 valence electrons. The Bertz CT molecular complexity index is 727. The number of ether oxygens (including phenoxy) is 2. The quantitative estimate of drug-likeness (QED) is 0.278. The van der Waals surface area contributed by atoms with Gasteiger partial charge in [-0.15, -0.1) is 0 Å². The molecule has 1 fully saturated rings. The van der Waals surface area contributed by atoms with Gasteiger partial charge in [0.25, 0.3) is 0 Å². The fourth-order valence-electron chi connectivity index (χ4n) is 2.21. The number of nitrogens with zero attached hydrogens (tertiary/aromatic N) is 1. The molecule has 1 aromatic rings. The zero-order valence-corrected chi connectivity index (χ0v) is 13.8. The standard InChI is InChI=1S/C17H18F3NO4/c1-3-25-17(23)11(8-21-9-5-4-6-9)15(22)10-7-12(18)14(20)16(24-2)13(10)19/h7-9,22H,3-6H2,1-2H3/b15-11-,21-8?. The van der Waals surface area contributed by atoms with Gasteiger partial charge < -0.3 is 14.6 Å². The van der Waals surface area contributed by atoms with Crippen LogP contribution in [0.2, 0.25) is 0 Å². The molecule has 0 heterocycles. The first-order chi connectivity index (χ1) is 11.9. The van der Waals surface area contributed by atoms with Crippen molar-refractivity contribution >= 4 is 17.9 Å². The van der Waals surface area contributed by atoms with Gasteiger partial charge in [-0.2, -0.15) is 4.39 Å². The first kappa shape index (κ1) is 18.8. The lowest BCUT2D eigenvalue weighted by Crippen LogP contribution is -2.17. The van der Waals surface area contributed by atoms with Gasteiger partial charge in [0.15, 0.2) is 17.4 Å². The van der Waals surface area contributed by atoms with Crippen LogP contribution in [0.3, 0.4) is 0 Å². The maximum Gasteiger partial charge on any atom is 0.343 e. The summed E-state index contributed by atoms with van der Waals surface area (Å²) in [6.45, 7) is 1.56. The largest absolute Gasteiger partial charge is 0.506 e. The van der Waals surface area contributed by atoms with Gasteiger partial charge in [-0.25, -0.2) is 13.6 Å². The minimum absolute atomic E-state index is 0.00145. The van der Waals surface area contributed by atoms with Crippen molar-refractivity contribution < 1.29 is 32.5 Å². The zero-order valence-electron chi connectivity index (χ0n) is 13.8. The van der Waals surface area contributed by atoms with E-state index in [1.54, 1.807) is 6.92 Å². The first-order valence-corrected chi connectivity index (χ1v) is 7.76. The number of aliphatic hydroxyl groups excluding tert-OH is 1. The molecule has 5 nitrogen and oxygen atoms in total. The van der Waals surface area contributed by atoms with E-state index >= 15 is 0 Å². The molecule has 1 aromatic carbocycles. The number of esters is 1. The Hall–Kier alpha value is -2.51. The Morgan fingerprint density at radius 2 is 2.04 bits per heavy atom. The number of halogens is 3. The zero-order chi connectivity index (χ0) is 18.6. The molecule has 0 aromatic heterocycles. The minimum atomic E-state index is -1.53. The summed E-state index contributed by atoms with van der Waals surface area (Å²) in [5, 5.41) is 10.3. The number of benzene rings is 1. The third kappa shape index (κ3) is 3.94. The number of hydrogen-bond acceptors (Lipinski definition) is 5. The summed E-state index contributed by atoms with van der Waals surface area (Å²) in [5.74, 6) is -7.16. The Kier molecular flexibility index (Phi) is 6.06. The second-order valence-electron chi connectivity index (χ2n) is 5.41. The summed E-state index contributed by atoms with van der Waals surface area (Å²) >= 11 is 0. The van der Waals surface area contributed by atoms with Crippen LogP contribution in [-0.2, 0) is 9.53 Å². The van der Waals surface area contributed by atoms with Gasteiger partial charge in [0.1, 0.15) is 11.3 Å². The van der Waals surface area contributed by atoms with E-state index < -0.39 is 46.1 Å². The SMILES string of the molecule is CCOC(=O)/C(C=NC1CCC1)=C(\O)c1cc(F)c(F)c(OC)c1F. The fraction of sp³-hybridized carbons (Fsp3) is 0.412. The van der Waals surface area contributed by atoms with E-state index in [4.69, 9.17) is 4.74 Å². The molecule has 0 aliphatic heterocycles. The molecule has 0 unspecified atom stereocenters. The van der Waals surface area contributed by atoms with Gasteiger partial charge in [0.05, 0.1) is 19.3 Å². The van der Waals surface area contributed by atoms with Crippen LogP contribution < -0.4 is 4.74 Å². The lowest BCUT2D eigenvalue weighted by molar-refractivity contribution is -0.137. The molecule has 2 rings (SSSR count). The Labute approximate surface area is 142 Å². The van der Waals surface area contributed by atoms with Gasteiger partial charge in [0.2, 0.25) is 5.82 Å². The second-order valence-corrected chi connectivity index (χ2v) is 5.41. The van der Waals surface area contributed by atoms with E-state index in [-0.39, 0.29) is 12.6 Å². The van der Waals surface area contributed by atoms with E-state index in [0.717, 1.165) is 32.6 Å². The van der Waals surface area contributed by atoms with E-state index in [1.165, 1.54) is 0 Å². The van der Waals surface area contributed by atoms with Crippen molar-refractivity contribution in [1.82, 2.24) is 0 Å². The van der Waals surface area contributed by atoms with Gasteiger partial charge in [-0.05, 0) is 32.3 Å². The van der Waals surface area contributed by atoms with Gasteiger partial charge in [-0.1, -0.05) is 0 Å². The number of hydrogen-bond donors (Lipinski definition) is 1.